The number of nitrogens with zero attached hydrogens (tertiary/aromatic N) is 5. The van der Waals surface area contributed by atoms with Gasteiger partial charge in [-0.25, -0.2) is 4.68 Å². The van der Waals surface area contributed by atoms with Crippen molar-refractivity contribution in [3.05, 3.63) is 33.3 Å². The molecule has 11 heteroatoms. The molecule has 1 aromatic carbocycles. The van der Waals surface area contributed by atoms with Crippen LogP contribution in [0, 0.1) is 10.1 Å². The number of hydrogen-bond acceptors (Lipinski definition) is 8. The molecule has 0 amide bonds. The third-order valence-electron chi connectivity index (χ3n) is 2.33. The molecule has 0 saturated carbocycles. The largest absolute Gasteiger partial charge is 0.468 e. The predicted octanol–water partition coefficient (Wildman–Crippen LogP) is 1.56. The van der Waals surface area contributed by atoms with Crippen LogP contribution in [0.5, 0.6) is 0 Å². The van der Waals surface area contributed by atoms with Crippen molar-refractivity contribution < 1.29 is 14.5 Å². The highest BCUT2D eigenvalue weighted by atomic mass is 35.5. The number of rotatable bonds is 5. The van der Waals surface area contributed by atoms with Gasteiger partial charge in [-0.2, -0.15) is 0 Å². The van der Waals surface area contributed by atoms with Crippen molar-refractivity contribution in [3.8, 4) is 0 Å². The molecule has 21 heavy (non-hydrogen) atoms. The third kappa shape index (κ3) is 3.67. The van der Waals surface area contributed by atoms with E-state index in [2.05, 4.69) is 20.3 Å². The van der Waals surface area contributed by atoms with Crippen LogP contribution in [0.3, 0.4) is 0 Å². The van der Waals surface area contributed by atoms with Gasteiger partial charge in [0.15, 0.2) is 0 Å². The maximum atomic E-state index is 11.2. The molecule has 0 N–H and O–H groups in total. The Morgan fingerprint density at radius 1 is 1.57 bits per heavy atom. The second-order valence-electron chi connectivity index (χ2n) is 3.67. The van der Waals surface area contributed by atoms with E-state index in [1.165, 1.54) is 30.0 Å². The summed E-state index contributed by atoms with van der Waals surface area (Å²) >= 11 is 6.78. The van der Waals surface area contributed by atoms with Crippen molar-refractivity contribution in [1.29, 1.82) is 0 Å². The quantitative estimate of drug-likeness (QED) is 0.461. The van der Waals surface area contributed by atoms with E-state index in [9.17, 15) is 14.9 Å². The van der Waals surface area contributed by atoms with Gasteiger partial charge in [-0.15, -0.1) is 5.10 Å². The number of hydrogen-bond donors (Lipinski definition) is 0. The number of nitro benzene ring substituents is 1. The Kier molecular flexibility index (Phi) is 4.70. The van der Waals surface area contributed by atoms with Gasteiger partial charge in [-0.05, 0) is 34.3 Å². The fourth-order valence-corrected chi connectivity index (χ4v) is 2.52. The summed E-state index contributed by atoms with van der Waals surface area (Å²) in [4.78, 5) is 22.0. The van der Waals surface area contributed by atoms with E-state index < -0.39 is 10.9 Å². The minimum absolute atomic E-state index is 0.128. The summed E-state index contributed by atoms with van der Waals surface area (Å²) in [6, 6.07) is 4.14. The summed E-state index contributed by atoms with van der Waals surface area (Å²) in [6.07, 6.45) is 0. The summed E-state index contributed by atoms with van der Waals surface area (Å²) in [6.45, 7) is -0.194. The normalized spacial score (nSPS) is 10.4. The molecule has 0 fully saturated rings. The number of esters is 1. The molecule has 0 radical (unpaired) electrons. The Bertz CT molecular complexity index is 692. The number of ether oxygens (including phenoxy) is 1. The highest BCUT2D eigenvalue weighted by molar-refractivity contribution is 7.99. The lowest BCUT2D eigenvalue weighted by molar-refractivity contribution is -0.387. The molecule has 110 valence electrons. The van der Waals surface area contributed by atoms with Crippen LogP contribution in [0.25, 0.3) is 0 Å². The van der Waals surface area contributed by atoms with E-state index in [-0.39, 0.29) is 22.3 Å². The zero-order chi connectivity index (χ0) is 15.4. The number of methoxy groups -OCH3 is 1. The first-order valence-electron chi connectivity index (χ1n) is 5.46. The van der Waals surface area contributed by atoms with Crippen LogP contribution >= 0.6 is 23.4 Å². The van der Waals surface area contributed by atoms with E-state index in [0.29, 0.717) is 5.02 Å². The van der Waals surface area contributed by atoms with Gasteiger partial charge in [0, 0.05) is 11.1 Å². The summed E-state index contributed by atoms with van der Waals surface area (Å²) in [7, 11) is 1.24. The first-order valence-corrected chi connectivity index (χ1v) is 6.65. The highest BCUT2D eigenvalue weighted by Crippen LogP contribution is 2.35. The molecule has 9 nitrogen and oxygen atoms in total. The van der Waals surface area contributed by atoms with Gasteiger partial charge in [0.25, 0.3) is 5.69 Å². The number of nitro groups is 1. The highest BCUT2D eigenvalue weighted by Gasteiger charge is 2.19. The monoisotopic (exact) mass is 329 g/mol. The molecule has 1 heterocycles. The number of aromatic nitrogens is 4. The number of carbonyl (C=O) groups excluding carboxylic acids is 1. The van der Waals surface area contributed by atoms with Crippen molar-refractivity contribution in [2.75, 3.05) is 7.11 Å². The van der Waals surface area contributed by atoms with Gasteiger partial charge < -0.3 is 4.74 Å². The fraction of sp³-hybridized carbons (Fsp3) is 0.200. The number of halogens is 1. The first kappa shape index (κ1) is 15.2. The van der Waals surface area contributed by atoms with Gasteiger partial charge in [0.1, 0.15) is 6.54 Å². The van der Waals surface area contributed by atoms with Crippen LogP contribution in [0.1, 0.15) is 0 Å². The third-order valence-corrected chi connectivity index (χ3v) is 3.58. The number of carbonyl (C=O) groups is 1. The minimum Gasteiger partial charge on any atom is -0.468 e. The van der Waals surface area contributed by atoms with E-state index in [4.69, 9.17) is 11.6 Å². The second kappa shape index (κ2) is 6.50. The van der Waals surface area contributed by atoms with Gasteiger partial charge in [0.05, 0.1) is 16.9 Å². The molecule has 0 unspecified atom stereocenters. The van der Waals surface area contributed by atoms with Crippen LogP contribution in [-0.4, -0.2) is 38.2 Å². The Morgan fingerprint density at radius 3 is 3.00 bits per heavy atom. The molecule has 0 bridgehead atoms. The van der Waals surface area contributed by atoms with Gasteiger partial charge in [0.2, 0.25) is 5.16 Å². The van der Waals surface area contributed by atoms with Gasteiger partial charge >= 0.3 is 5.97 Å². The van der Waals surface area contributed by atoms with Crippen LogP contribution in [-0.2, 0) is 16.1 Å². The zero-order valence-corrected chi connectivity index (χ0v) is 12.2. The Labute approximate surface area is 127 Å². The van der Waals surface area contributed by atoms with Gasteiger partial charge in [-0.1, -0.05) is 11.6 Å². The van der Waals surface area contributed by atoms with Crippen molar-refractivity contribution >= 4 is 35.0 Å². The lowest BCUT2D eigenvalue weighted by Crippen LogP contribution is -2.13. The molecule has 0 aliphatic carbocycles. The maximum Gasteiger partial charge on any atom is 0.327 e. The summed E-state index contributed by atoms with van der Waals surface area (Å²) < 4.78 is 5.70. The lowest BCUT2D eigenvalue weighted by atomic mass is 10.3. The van der Waals surface area contributed by atoms with Gasteiger partial charge in [-0.3, -0.25) is 14.9 Å². The van der Waals surface area contributed by atoms with Crippen molar-refractivity contribution in [1.82, 2.24) is 20.2 Å². The second-order valence-corrected chi connectivity index (χ2v) is 5.11. The molecular formula is C10H8ClN5O4S. The molecule has 2 rings (SSSR count). The average molecular weight is 330 g/mol. The number of benzene rings is 1. The van der Waals surface area contributed by atoms with Crippen LogP contribution < -0.4 is 0 Å². The SMILES string of the molecule is COC(=O)Cn1nnnc1Sc1cc(Cl)ccc1[N+](=O)[O-]. The smallest absolute Gasteiger partial charge is 0.327 e. The number of tetrazole rings is 1. The molecule has 2 aromatic rings. The predicted molar refractivity (Wildman–Crippen MR) is 72.1 cm³/mol. The molecule has 0 spiro atoms. The molecule has 0 aliphatic heterocycles. The molecule has 0 aliphatic rings. The first-order chi connectivity index (χ1) is 10.0. The van der Waals surface area contributed by atoms with Crippen LogP contribution in [0.2, 0.25) is 5.02 Å². The Morgan fingerprint density at radius 2 is 2.33 bits per heavy atom. The van der Waals surface area contributed by atoms with E-state index >= 15 is 0 Å². The molecule has 0 saturated heterocycles. The fourth-order valence-electron chi connectivity index (χ4n) is 1.37. The minimum atomic E-state index is -0.537. The topological polar surface area (TPSA) is 113 Å². The van der Waals surface area contributed by atoms with E-state index in [1.54, 1.807) is 0 Å². The lowest BCUT2D eigenvalue weighted by Gasteiger charge is -2.04. The summed E-state index contributed by atoms with van der Waals surface area (Å²) in [5, 5.41) is 22.3. The Hall–Kier alpha value is -2.20. The van der Waals surface area contributed by atoms with E-state index in [1.807, 2.05) is 0 Å². The van der Waals surface area contributed by atoms with Crippen molar-refractivity contribution in [3.63, 3.8) is 0 Å². The maximum absolute atomic E-state index is 11.2. The molecular weight excluding hydrogens is 322 g/mol. The van der Waals surface area contributed by atoms with Crippen LogP contribution in [0.4, 0.5) is 5.69 Å². The molecule has 0 atom stereocenters. The van der Waals surface area contributed by atoms with E-state index in [0.717, 1.165) is 11.8 Å². The van der Waals surface area contributed by atoms with Crippen molar-refractivity contribution in [2.24, 2.45) is 0 Å². The average Bonchev–Trinajstić information content (AvgIpc) is 2.85. The summed E-state index contributed by atoms with van der Waals surface area (Å²) in [5.74, 6) is -0.537. The zero-order valence-electron chi connectivity index (χ0n) is 10.6. The van der Waals surface area contributed by atoms with Crippen molar-refractivity contribution in [2.45, 2.75) is 16.6 Å². The Balaban J connectivity index is 2.30. The standard InChI is InChI=1S/C10H8ClN5O4S/c1-20-9(17)5-15-10(12-13-14-15)21-8-4-6(11)2-3-7(8)16(18)19/h2-4H,5H2,1H3. The van der Waals surface area contributed by atoms with Crippen LogP contribution in [0.15, 0.2) is 28.3 Å². The molecule has 1 aromatic heterocycles. The summed E-state index contributed by atoms with van der Waals surface area (Å²) in [5.41, 5.74) is -0.128.